The van der Waals surface area contributed by atoms with Crippen LogP contribution >= 0.6 is 0 Å². The van der Waals surface area contributed by atoms with E-state index in [0.717, 1.165) is 56.9 Å². The fraction of sp³-hybridized carbons (Fsp3) is 0.567. The molecule has 3 aliphatic carbocycles. The Bertz CT molecular complexity index is 1050. The highest BCUT2D eigenvalue weighted by Crippen LogP contribution is 2.61. The van der Waals surface area contributed by atoms with E-state index in [1.165, 1.54) is 36.1 Å². The van der Waals surface area contributed by atoms with Crippen LogP contribution in [0.25, 0.3) is 0 Å². The minimum Gasteiger partial charge on any atom is -0.496 e. The summed E-state index contributed by atoms with van der Waals surface area (Å²) in [5.74, 6) is 2.18. The molecule has 0 radical (unpaired) electrons. The summed E-state index contributed by atoms with van der Waals surface area (Å²) < 4.78 is 13.1. The van der Waals surface area contributed by atoms with Gasteiger partial charge in [0.15, 0.2) is 0 Å². The lowest BCUT2D eigenvalue weighted by Gasteiger charge is -2.65. The number of likely N-dealkylation sites (tertiary alicyclic amines) is 1. The van der Waals surface area contributed by atoms with Crippen LogP contribution in [0.2, 0.25) is 0 Å². The summed E-state index contributed by atoms with van der Waals surface area (Å²) in [5, 5.41) is 0. The number of aryl methyl sites for hydroxylation is 1. The Hall–Kier alpha value is -2.17. The van der Waals surface area contributed by atoms with Crippen LogP contribution in [0.5, 0.6) is 5.75 Å². The third kappa shape index (κ3) is 3.61. The van der Waals surface area contributed by atoms with Crippen LogP contribution < -0.4 is 4.74 Å². The molecular formula is C30H37NO3. The van der Waals surface area contributed by atoms with Gasteiger partial charge in [-0.2, -0.15) is 0 Å². The number of benzene rings is 2. The van der Waals surface area contributed by atoms with Gasteiger partial charge < -0.3 is 9.47 Å². The van der Waals surface area contributed by atoms with Crippen molar-refractivity contribution in [3.8, 4) is 5.75 Å². The molecule has 34 heavy (non-hydrogen) atoms. The van der Waals surface area contributed by atoms with Gasteiger partial charge in [-0.3, -0.25) is 9.69 Å². The van der Waals surface area contributed by atoms with E-state index in [2.05, 4.69) is 53.4 Å². The van der Waals surface area contributed by atoms with Crippen LogP contribution in [0.3, 0.4) is 0 Å². The van der Waals surface area contributed by atoms with Crippen molar-refractivity contribution in [2.75, 3.05) is 26.8 Å². The molecule has 0 amide bonds. The van der Waals surface area contributed by atoms with Gasteiger partial charge in [0.05, 0.1) is 12.7 Å². The number of hydrogen-bond acceptors (Lipinski definition) is 4. The van der Waals surface area contributed by atoms with Gasteiger partial charge >= 0.3 is 0 Å². The van der Waals surface area contributed by atoms with Gasteiger partial charge in [0.25, 0.3) is 0 Å². The number of nitrogens with zero attached hydrogens (tertiary/aromatic N) is 1. The predicted octanol–water partition coefficient (Wildman–Crippen LogP) is 5.11. The van der Waals surface area contributed by atoms with E-state index >= 15 is 0 Å². The molecule has 1 unspecified atom stereocenters. The molecule has 1 saturated heterocycles. The second-order valence-corrected chi connectivity index (χ2v) is 11.0. The zero-order valence-corrected chi connectivity index (χ0v) is 20.4. The zero-order chi connectivity index (χ0) is 23.2. The Morgan fingerprint density at radius 2 is 1.91 bits per heavy atom. The van der Waals surface area contributed by atoms with Gasteiger partial charge in [-0.05, 0) is 74.6 Å². The summed E-state index contributed by atoms with van der Waals surface area (Å²) in [4.78, 5) is 15.8. The summed E-state index contributed by atoms with van der Waals surface area (Å²) in [7, 11) is 1.77. The Kier molecular flexibility index (Phi) is 5.77. The van der Waals surface area contributed by atoms with Gasteiger partial charge in [0.1, 0.15) is 11.5 Å². The summed E-state index contributed by atoms with van der Waals surface area (Å²) in [6, 6.07) is 17.5. The smallest absolute Gasteiger partial charge is 0.134 e. The molecule has 0 spiro atoms. The number of fused-ring (bicyclic) bond motifs is 1. The zero-order valence-electron chi connectivity index (χ0n) is 20.4. The molecule has 180 valence electrons. The molecule has 2 saturated carbocycles. The first-order valence-electron chi connectivity index (χ1n) is 13.3. The highest BCUT2D eigenvalue weighted by Gasteiger charge is 2.67. The SMILES string of the molecule is COc1cccc2c1C13CCN(CC4CC4)[C@H](C2)[C@]1(OCCCc1ccccc1)CCC(=O)C3. The third-order valence-electron chi connectivity index (χ3n) is 9.12. The molecule has 4 aliphatic rings. The number of Topliss-reactive ketones (excluding diaryl/α,β-unsaturated/α-hetero) is 1. The van der Waals surface area contributed by atoms with Crippen molar-refractivity contribution >= 4 is 5.78 Å². The molecular weight excluding hydrogens is 422 g/mol. The number of rotatable bonds is 8. The van der Waals surface area contributed by atoms with E-state index in [9.17, 15) is 4.79 Å². The lowest BCUT2D eigenvalue weighted by molar-refractivity contribution is -0.201. The van der Waals surface area contributed by atoms with Crippen LogP contribution in [0.15, 0.2) is 48.5 Å². The van der Waals surface area contributed by atoms with Crippen molar-refractivity contribution in [1.29, 1.82) is 0 Å². The normalized spacial score (nSPS) is 30.5. The van der Waals surface area contributed by atoms with Crippen molar-refractivity contribution in [3.63, 3.8) is 0 Å². The summed E-state index contributed by atoms with van der Waals surface area (Å²) >= 11 is 0. The lowest BCUT2D eigenvalue weighted by Crippen LogP contribution is -2.74. The molecule has 1 aliphatic heterocycles. The van der Waals surface area contributed by atoms with Gasteiger partial charge in [-0.1, -0.05) is 42.5 Å². The second kappa shape index (κ2) is 8.80. The third-order valence-corrected chi connectivity index (χ3v) is 9.12. The van der Waals surface area contributed by atoms with E-state index in [0.29, 0.717) is 24.7 Å². The topological polar surface area (TPSA) is 38.8 Å². The van der Waals surface area contributed by atoms with Crippen molar-refractivity contribution in [1.82, 2.24) is 4.90 Å². The number of hydrogen-bond donors (Lipinski definition) is 0. The van der Waals surface area contributed by atoms with Crippen LogP contribution in [0.4, 0.5) is 0 Å². The van der Waals surface area contributed by atoms with E-state index in [-0.39, 0.29) is 11.0 Å². The first kappa shape index (κ1) is 22.3. The van der Waals surface area contributed by atoms with E-state index in [1.54, 1.807) is 7.11 Å². The Labute approximate surface area is 203 Å². The summed E-state index contributed by atoms with van der Waals surface area (Å²) in [5.41, 5.74) is 3.41. The van der Waals surface area contributed by atoms with E-state index in [1.807, 2.05) is 0 Å². The standard InChI is InChI=1S/C30H37NO3/c1-33-26-11-5-10-24-19-27-30(34-18-6-9-22-7-3-2-4-8-22)15-14-25(32)20-29(30,28(24)26)16-17-31(27)21-23-12-13-23/h2-5,7-8,10-11,23,27H,6,9,12-21H2,1H3/t27-,29?,30-/m1/s1. The van der Waals surface area contributed by atoms with Gasteiger partial charge in [-0.15, -0.1) is 0 Å². The van der Waals surface area contributed by atoms with E-state index in [4.69, 9.17) is 9.47 Å². The predicted molar refractivity (Wildman–Crippen MR) is 133 cm³/mol. The molecule has 3 atom stereocenters. The molecule has 0 N–H and O–H groups in total. The molecule has 3 fully saturated rings. The number of ketones is 1. The Morgan fingerprint density at radius 3 is 2.71 bits per heavy atom. The first-order chi connectivity index (χ1) is 16.6. The maximum atomic E-state index is 13.0. The summed E-state index contributed by atoms with van der Waals surface area (Å²) in [6.45, 7) is 2.98. The van der Waals surface area contributed by atoms with E-state index < -0.39 is 0 Å². The molecule has 0 aromatic heterocycles. The van der Waals surface area contributed by atoms with Crippen molar-refractivity contribution in [2.24, 2.45) is 5.92 Å². The largest absolute Gasteiger partial charge is 0.496 e. The van der Waals surface area contributed by atoms with Crippen molar-refractivity contribution in [2.45, 2.75) is 74.8 Å². The van der Waals surface area contributed by atoms with Crippen LogP contribution in [0, 0.1) is 5.92 Å². The summed E-state index contributed by atoms with van der Waals surface area (Å²) in [6.07, 6.45) is 8.79. The number of ether oxygens (including phenoxy) is 2. The van der Waals surface area contributed by atoms with Gasteiger partial charge in [0, 0.05) is 43.0 Å². The first-order valence-corrected chi connectivity index (χ1v) is 13.3. The fourth-order valence-corrected chi connectivity index (χ4v) is 7.43. The molecule has 2 aromatic rings. The number of carbonyl (C=O) groups is 1. The molecule has 1 heterocycles. The van der Waals surface area contributed by atoms with Crippen LogP contribution in [-0.4, -0.2) is 49.1 Å². The van der Waals surface area contributed by atoms with Gasteiger partial charge in [-0.25, -0.2) is 0 Å². The highest BCUT2D eigenvalue weighted by molar-refractivity contribution is 5.83. The Morgan fingerprint density at radius 1 is 1.06 bits per heavy atom. The minimum absolute atomic E-state index is 0.278. The lowest BCUT2D eigenvalue weighted by atomic mass is 9.49. The molecule has 4 nitrogen and oxygen atoms in total. The van der Waals surface area contributed by atoms with Gasteiger partial charge in [0.2, 0.25) is 0 Å². The molecule has 2 aromatic carbocycles. The highest BCUT2D eigenvalue weighted by atomic mass is 16.5. The molecule has 4 heteroatoms. The Balaban J connectivity index is 1.37. The minimum atomic E-state index is -0.313. The molecule has 6 rings (SSSR count). The van der Waals surface area contributed by atoms with Crippen molar-refractivity contribution in [3.05, 3.63) is 65.2 Å². The van der Waals surface area contributed by atoms with Crippen LogP contribution in [-0.2, 0) is 27.8 Å². The second-order valence-electron chi connectivity index (χ2n) is 11.0. The number of carbonyl (C=O) groups excluding carboxylic acids is 1. The maximum absolute atomic E-state index is 13.0. The van der Waals surface area contributed by atoms with Crippen LogP contribution in [0.1, 0.15) is 61.6 Å². The quantitative estimate of drug-likeness (QED) is 0.514. The number of piperidine rings is 1. The molecule has 2 bridgehead atoms. The fourth-order valence-electron chi connectivity index (χ4n) is 7.43. The number of methoxy groups -OCH3 is 1. The maximum Gasteiger partial charge on any atom is 0.134 e. The average molecular weight is 460 g/mol. The average Bonchev–Trinajstić information content (AvgIpc) is 3.68. The van der Waals surface area contributed by atoms with Crippen molar-refractivity contribution < 1.29 is 14.3 Å². The monoisotopic (exact) mass is 459 g/mol.